The summed E-state index contributed by atoms with van der Waals surface area (Å²) in [6.07, 6.45) is 0.750. The molecular formula is C20H24N2O5. The quantitative estimate of drug-likeness (QED) is 0.561. The number of benzene rings is 2. The van der Waals surface area contributed by atoms with Crippen molar-refractivity contribution in [3.63, 3.8) is 0 Å². The van der Waals surface area contributed by atoms with Crippen LogP contribution in [0.5, 0.6) is 11.5 Å². The Labute approximate surface area is 158 Å². The summed E-state index contributed by atoms with van der Waals surface area (Å²) in [5.41, 5.74) is 3.27. The Morgan fingerprint density at radius 2 is 1.93 bits per heavy atom. The molecule has 1 amide bonds. The number of carbonyl (C=O) groups is 1. The van der Waals surface area contributed by atoms with Crippen molar-refractivity contribution in [1.29, 1.82) is 0 Å². The van der Waals surface area contributed by atoms with Crippen LogP contribution < -0.4 is 14.8 Å². The van der Waals surface area contributed by atoms with Gasteiger partial charge in [-0.25, -0.2) is 0 Å². The van der Waals surface area contributed by atoms with E-state index in [1.807, 2.05) is 32.9 Å². The number of nitro benzene ring substituents is 1. The van der Waals surface area contributed by atoms with Gasteiger partial charge in [0.05, 0.1) is 18.1 Å². The normalized spacial score (nSPS) is 11.6. The van der Waals surface area contributed by atoms with E-state index >= 15 is 0 Å². The summed E-state index contributed by atoms with van der Waals surface area (Å²) in [6, 6.07) is 10.1. The highest BCUT2D eigenvalue weighted by Crippen LogP contribution is 2.30. The summed E-state index contributed by atoms with van der Waals surface area (Å²) in [7, 11) is 1.34. The van der Waals surface area contributed by atoms with Gasteiger partial charge in [0.1, 0.15) is 5.75 Å². The largest absolute Gasteiger partial charge is 0.490 e. The molecule has 0 radical (unpaired) electrons. The van der Waals surface area contributed by atoms with Gasteiger partial charge in [0, 0.05) is 12.1 Å². The van der Waals surface area contributed by atoms with Crippen molar-refractivity contribution in [2.45, 2.75) is 33.2 Å². The van der Waals surface area contributed by atoms with Crippen LogP contribution in [-0.4, -0.2) is 24.5 Å². The number of ether oxygens (including phenoxy) is 2. The lowest BCUT2D eigenvalue weighted by molar-refractivity contribution is -0.385. The molecule has 0 heterocycles. The van der Waals surface area contributed by atoms with Gasteiger partial charge in [0.15, 0.2) is 6.61 Å². The van der Waals surface area contributed by atoms with Crippen LogP contribution in [0.15, 0.2) is 36.4 Å². The highest BCUT2D eigenvalue weighted by Gasteiger charge is 2.17. The van der Waals surface area contributed by atoms with E-state index in [1.54, 1.807) is 0 Å². The van der Waals surface area contributed by atoms with Crippen molar-refractivity contribution in [2.75, 3.05) is 13.7 Å². The number of rotatable bonds is 8. The van der Waals surface area contributed by atoms with Crippen molar-refractivity contribution in [2.24, 2.45) is 0 Å². The minimum absolute atomic E-state index is 0.0828. The lowest BCUT2D eigenvalue weighted by Crippen LogP contribution is -2.32. The minimum Gasteiger partial charge on any atom is -0.490 e. The SMILES string of the molecule is CCC(NC(=O)COc1ccc([N+](=O)[O-])c(OC)c1)c1ccc(C)c(C)c1. The predicted octanol–water partition coefficient (Wildman–Crippen LogP) is 3.87. The fourth-order valence-electron chi connectivity index (χ4n) is 2.69. The van der Waals surface area contributed by atoms with Crippen LogP contribution in [0.4, 0.5) is 5.69 Å². The molecule has 2 aromatic carbocycles. The summed E-state index contributed by atoms with van der Waals surface area (Å²) >= 11 is 0. The Bertz CT molecular complexity index is 835. The number of nitro groups is 1. The molecular weight excluding hydrogens is 348 g/mol. The fraction of sp³-hybridized carbons (Fsp3) is 0.350. The fourth-order valence-corrected chi connectivity index (χ4v) is 2.69. The molecule has 144 valence electrons. The maximum Gasteiger partial charge on any atom is 0.311 e. The molecule has 7 heteroatoms. The van der Waals surface area contributed by atoms with Gasteiger partial charge >= 0.3 is 5.69 Å². The molecule has 7 nitrogen and oxygen atoms in total. The molecule has 0 saturated heterocycles. The molecule has 2 aromatic rings. The van der Waals surface area contributed by atoms with Gasteiger partial charge in [-0.3, -0.25) is 14.9 Å². The molecule has 0 bridgehead atoms. The number of hydrogen-bond donors (Lipinski definition) is 1. The Morgan fingerprint density at radius 1 is 1.19 bits per heavy atom. The molecule has 1 unspecified atom stereocenters. The predicted molar refractivity (Wildman–Crippen MR) is 102 cm³/mol. The van der Waals surface area contributed by atoms with Crippen LogP contribution in [-0.2, 0) is 4.79 Å². The highest BCUT2D eigenvalue weighted by molar-refractivity contribution is 5.78. The summed E-state index contributed by atoms with van der Waals surface area (Å²) in [6.45, 7) is 5.90. The summed E-state index contributed by atoms with van der Waals surface area (Å²) in [5.74, 6) is 0.142. The first-order chi connectivity index (χ1) is 12.8. The molecule has 0 aromatic heterocycles. The zero-order valence-corrected chi connectivity index (χ0v) is 15.9. The van der Waals surface area contributed by atoms with Gasteiger partial charge in [0.2, 0.25) is 5.75 Å². The van der Waals surface area contributed by atoms with Crippen molar-refractivity contribution >= 4 is 11.6 Å². The van der Waals surface area contributed by atoms with Crippen molar-refractivity contribution < 1.29 is 19.2 Å². The first kappa shape index (κ1) is 20.2. The Kier molecular flexibility index (Phi) is 6.76. The van der Waals surface area contributed by atoms with Crippen LogP contribution >= 0.6 is 0 Å². The van der Waals surface area contributed by atoms with E-state index in [4.69, 9.17) is 9.47 Å². The summed E-state index contributed by atoms with van der Waals surface area (Å²) in [5, 5.41) is 13.9. The molecule has 27 heavy (non-hydrogen) atoms. The Morgan fingerprint density at radius 3 is 2.52 bits per heavy atom. The van der Waals surface area contributed by atoms with E-state index in [9.17, 15) is 14.9 Å². The zero-order valence-electron chi connectivity index (χ0n) is 15.9. The lowest BCUT2D eigenvalue weighted by atomic mass is 9.99. The van der Waals surface area contributed by atoms with Gasteiger partial charge in [-0.15, -0.1) is 0 Å². The molecule has 1 atom stereocenters. The standard InChI is InChI=1S/C20H24N2O5/c1-5-17(15-7-6-13(2)14(3)10-15)21-20(23)12-27-16-8-9-18(22(24)25)19(11-16)26-4/h6-11,17H,5,12H2,1-4H3,(H,21,23). The lowest BCUT2D eigenvalue weighted by Gasteiger charge is -2.19. The number of nitrogens with zero attached hydrogens (tertiary/aromatic N) is 1. The topological polar surface area (TPSA) is 90.7 Å². The van der Waals surface area contributed by atoms with Gasteiger partial charge in [-0.1, -0.05) is 25.1 Å². The second-order valence-electron chi connectivity index (χ2n) is 6.25. The summed E-state index contributed by atoms with van der Waals surface area (Å²) < 4.78 is 10.4. The average molecular weight is 372 g/mol. The molecule has 0 saturated carbocycles. The van der Waals surface area contributed by atoms with Gasteiger partial charge in [-0.2, -0.15) is 0 Å². The minimum atomic E-state index is -0.537. The van der Waals surface area contributed by atoms with Gasteiger partial charge in [0.25, 0.3) is 5.91 Å². The van der Waals surface area contributed by atoms with Crippen molar-refractivity contribution in [3.8, 4) is 11.5 Å². The van der Waals surface area contributed by atoms with E-state index in [0.717, 1.165) is 12.0 Å². The van der Waals surface area contributed by atoms with Crippen molar-refractivity contribution in [1.82, 2.24) is 5.32 Å². The first-order valence-corrected chi connectivity index (χ1v) is 8.67. The third kappa shape index (κ3) is 5.20. The monoisotopic (exact) mass is 372 g/mol. The number of amides is 1. The van der Waals surface area contributed by atoms with E-state index < -0.39 is 4.92 Å². The maximum absolute atomic E-state index is 12.3. The number of methoxy groups -OCH3 is 1. The van der Waals surface area contributed by atoms with Gasteiger partial charge in [-0.05, 0) is 43.0 Å². The number of carbonyl (C=O) groups excluding carboxylic acids is 1. The maximum atomic E-state index is 12.3. The zero-order chi connectivity index (χ0) is 20.0. The second kappa shape index (κ2) is 9.02. The van der Waals surface area contributed by atoms with Crippen molar-refractivity contribution in [3.05, 3.63) is 63.2 Å². The molecule has 2 rings (SSSR count). The average Bonchev–Trinajstić information content (AvgIpc) is 2.66. The van der Waals surface area contributed by atoms with Crippen LogP contribution in [0.1, 0.15) is 36.1 Å². The smallest absolute Gasteiger partial charge is 0.311 e. The molecule has 0 fully saturated rings. The third-order valence-corrected chi connectivity index (χ3v) is 4.39. The van der Waals surface area contributed by atoms with E-state index in [-0.39, 0.29) is 30.0 Å². The third-order valence-electron chi connectivity index (χ3n) is 4.39. The van der Waals surface area contributed by atoms with Gasteiger partial charge < -0.3 is 14.8 Å². The van der Waals surface area contributed by atoms with Crippen LogP contribution in [0, 0.1) is 24.0 Å². The number of aryl methyl sites for hydroxylation is 2. The van der Waals surface area contributed by atoms with Crippen LogP contribution in [0.25, 0.3) is 0 Å². The first-order valence-electron chi connectivity index (χ1n) is 8.67. The molecule has 0 aliphatic carbocycles. The second-order valence-corrected chi connectivity index (χ2v) is 6.25. The number of hydrogen-bond acceptors (Lipinski definition) is 5. The van der Waals surface area contributed by atoms with Crippen LogP contribution in [0.3, 0.4) is 0 Å². The molecule has 0 aliphatic heterocycles. The Balaban J connectivity index is 2.00. The van der Waals surface area contributed by atoms with E-state index in [0.29, 0.717) is 5.75 Å². The number of nitrogens with one attached hydrogen (secondary N) is 1. The van der Waals surface area contributed by atoms with E-state index in [2.05, 4.69) is 11.4 Å². The molecule has 0 aliphatic rings. The van der Waals surface area contributed by atoms with Crippen LogP contribution in [0.2, 0.25) is 0 Å². The Hall–Kier alpha value is -3.09. The molecule has 1 N–H and O–H groups in total. The highest BCUT2D eigenvalue weighted by atomic mass is 16.6. The molecule has 0 spiro atoms. The van der Waals surface area contributed by atoms with E-state index in [1.165, 1.54) is 36.4 Å². The summed E-state index contributed by atoms with van der Waals surface area (Å²) in [4.78, 5) is 22.6.